The number of aromatic nitrogens is 4. The second-order valence-corrected chi connectivity index (χ2v) is 17.9. The maximum atomic E-state index is 11.8. The Morgan fingerprint density at radius 1 is 0.562 bits per heavy atom. The zero-order valence-electron chi connectivity index (χ0n) is 35.6. The number of anilines is 4. The molecule has 14 heteroatoms. The summed E-state index contributed by atoms with van der Waals surface area (Å²) in [6, 6.07) is 39.8. The largest absolute Gasteiger partial charge is 0.439 e. The molecule has 0 radical (unpaired) electrons. The SMILES string of the molecule is CC(=O)N1CCC[C@@H](c2cccnc2Oc2ccc(Nc3nc4ccccc4s3)cc2)C1.CC(=O)N1CCC[C@H](c2cccnc2Oc2ccc(Nc3nc4ccccc4s3)cc2)C1. The van der Waals surface area contributed by atoms with E-state index in [1.54, 1.807) is 48.9 Å². The predicted molar refractivity (Wildman–Crippen MR) is 256 cm³/mol. The fourth-order valence-corrected chi connectivity index (χ4v) is 9.94. The Morgan fingerprint density at radius 3 is 1.39 bits per heavy atom. The van der Waals surface area contributed by atoms with E-state index in [4.69, 9.17) is 9.47 Å². The number of benzene rings is 4. The number of carbonyl (C=O) groups is 2. The number of pyridine rings is 2. The van der Waals surface area contributed by atoms with Crippen LogP contribution in [0.25, 0.3) is 20.4 Å². The van der Waals surface area contributed by atoms with Crippen LogP contribution in [-0.4, -0.2) is 67.7 Å². The summed E-state index contributed by atoms with van der Waals surface area (Å²) in [5, 5.41) is 8.44. The third kappa shape index (κ3) is 10.3. The first kappa shape index (κ1) is 42.4. The smallest absolute Gasteiger partial charge is 0.222 e. The van der Waals surface area contributed by atoms with Crippen LogP contribution in [0.1, 0.15) is 62.5 Å². The molecule has 2 aliphatic heterocycles. The molecule has 4 aromatic heterocycles. The van der Waals surface area contributed by atoms with Crippen molar-refractivity contribution in [2.24, 2.45) is 0 Å². The Morgan fingerprint density at radius 2 is 0.984 bits per heavy atom. The lowest BCUT2D eigenvalue weighted by Gasteiger charge is -2.32. The summed E-state index contributed by atoms with van der Waals surface area (Å²) in [6.45, 7) is 6.33. The molecule has 324 valence electrons. The van der Waals surface area contributed by atoms with Crippen molar-refractivity contribution >= 4 is 76.6 Å². The summed E-state index contributed by atoms with van der Waals surface area (Å²) in [5.41, 5.74) is 5.98. The maximum absolute atomic E-state index is 11.8. The molecular weight excluding hydrogens is 841 g/mol. The first-order chi connectivity index (χ1) is 31.3. The van der Waals surface area contributed by atoms with Crippen LogP contribution < -0.4 is 20.1 Å². The molecule has 2 aliphatic rings. The molecule has 0 spiro atoms. The van der Waals surface area contributed by atoms with E-state index >= 15 is 0 Å². The van der Waals surface area contributed by atoms with Gasteiger partial charge in [0.25, 0.3) is 0 Å². The fourth-order valence-electron chi connectivity index (χ4n) is 8.17. The summed E-state index contributed by atoms with van der Waals surface area (Å²) in [6.07, 6.45) is 7.52. The number of hydrogen-bond acceptors (Lipinski definition) is 12. The predicted octanol–water partition coefficient (Wildman–Crippen LogP) is 11.9. The number of para-hydroxylation sites is 2. The Hall–Kier alpha value is -6.90. The molecule has 0 saturated carbocycles. The monoisotopic (exact) mass is 888 g/mol. The Balaban J connectivity index is 0.000000162. The van der Waals surface area contributed by atoms with E-state index in [0.29, 0.717) is 24.8 Å². The minimum atomic E-state index is 0.122. The van der Waals surface area contributed by atoms with Gasteiger partial charge in [0.2, 0.25) is 23.6 Å². The van der Waals surface area contributed by atoms with Gasteiger partial charge < -0.3 is 29.9 Å². The number of likely N-dealkylation sites (tertiary alicyclic amines) is 2. The van der Waals surface area contributed by atoms with Crippen LogP contribution in [0.5, 0.6) is 23.3 Å². The number of carbonyl (C=O) groups excluding carboxylic acids is 2. The number of piperidine rings is 2. The van der Waals surface area contributed by atoms with Gasteiger partial charge in [0.05, 0.1) is 20.4 Å². The van der Waals surface area contributed by atoms with Crippen molar-refractivity contribution in [3.05, 3.63) is 145 Å². The summed E-state index contributed by atoms with van der Waals surface area (Å²) >= 11 is 3.25. The molecule has 12 nitrogen and oxygen atoms in total. The van der Waals surface area contributed by atoms with Crippen LogP contribution in [0.2, 0.25) is 0 Å². The van der Waals surface area contributed by atoms with Gasteiger partial charge in [0.1, 0.15) is 11.5 Å². The zero-order chi connectivity index (χ0) is 43.8. The molecule has 2 N–H and O–H groups in total. The molecule has 0 unspecified atom stereocenters. The zero-order valence-corrected chi connectivity index (χ0v) is 37.3. The van der Waals surface area contributed by atoms with Crippen LogP contribution in [0, 0.1) is 0 Å². The molecule has 0 aliphatic carbocycles. The minimum Gasteiger partial charge on any atom is -0.439 e. The third-order valence-electron chi connectivity index (χ3n) is 11.4. The number of fused-ring (bicyclic) bond motifs is 2. The normalized spacial score (nSPS) is 16.2. The average Bonchev–Trinajstić information content (AvgIpc) is 3.94. The second-order valence-electron chi connectivity index (χ2n) is 15.9. The molecule has 2 atom stereocenters. The van der Waals surface area contributed by atoms with Crippen LogP contribution in [-0.2, 0) is 9.59 Å². The molecule has 0 bridgehead atoms. The number of nitrogens with zero attached hydrogens (tertiary/aromatic N) is 6. The first-order valence-corrected chi connectivity index (χ1v) is 23.2. The van der Waals surface area contributed by atoms with Gasteiger partial charge in [-0.05, 0) is 111 Å². The number of thiazole rings is 2. The van der Waals surface area contributed by atoms with Gasteiger partial charge in [-0.3, -0.25) is 9.59 Å². The quantitative estimate of drug-likeness (QED) is 0.137. The van der Waals surface area contributed by atoms with E-state index in [9.17, 15) is 9.59 Å². The topological polar surface area (TPSA) is 135 Å². The van der Waals surface area contributed by atoms with Gasteiger partial charge >= 0.3 is 0 Å². The Kier molecular flexibility index (Phi) is 13.0. The minimum absolute atomic E-state index is 0.122. The molecule has 4 aromatic carbocycles. The van der Waals surface area contributed by atoms with Crippen LogP contribution >= 0.6 is 22.7 Å². The molecule has 2 amide bonds. The maximum Gasteiger partial charge on any atom is 0.222 e. The molecule has 2 saturated heterocycles. The van der Waals surface area contributed by atoms with Crippen LogP contribution in [0.3, 0.4) is 0 Å². The average molecular weight is 889 g/mol. The molecule has 10 rings (SSSR count). The molecule has 64 heavy (non-hydrogen) atoms. The number of nitrogens with one attached hydrogen (secondary N) is 2. The van der Waals surface area contributed by atoms with Gasteiger partial charge in [-0.25, -0.2) is 19.9 Å². The Labute approximate surface area is 380 Å². The highest BCUT2D eigenvalue weighted by molar-refractivity contribution is 7.22. The standard InChI is InChI=1S/2C25H24N4O2S/c2*1-17(30)29-15-5-6-18(16-29)21-7-4-14-26-24(21)31-20-12-10-19(11-13-20)27-25-28-22-8-2-3-9-23(22)32-25/h2*2-4,7-14,18H,5-6,15-16H2,1H3,(H,27,28)/t2*18-/m10/s1. The lowest BCUT2D eigenvalue weighted by molar-refractivity contribution is -0.130. The highest BCUT2D eigenvalue weighted by Crippen LogP contribution is 2.37. The van der Waals surface area contributed by atoms with Gasteiger partial charge in [-0.2, -0.15) is 0 Å². The summed E-state index contributed by atoms with van der Waals surface area (Å²) in [4.78, 5) is 45.7. The summed E-state index contributed by atoms with van der Waals surface area (Å²) < 4.78 is 14.6. The van der Waals surface area contributed by atoms with E-state index < -0.39 is 0 Å². The fraction of sp³-hybridized carbons (Fsp3) is 0.240. The summed E-state index contributed by atoms with van der Waals surface area (Å²) in [7, 11) is 0. The number of amides is 2. The van der Waals surface area contributed by atoms with Crippen molar-refractivity contribution in [3.63, 3.8) is 0 Å². The Bertz CT molecular complexity index is 2610. The lowest BCUT2D eigenvalue weighted by atomic mass is 9.91. The third-order valence-corrected chi connectivity index (χ3v) is 13.3. The van der Waals surface area contributed by atoms with E-state index in [0.717, 1.165) is 103 Å². The van der Waals surface area contributed by atoms with E-state index in [1.165, 1.54) is 0 Å². The van der Waals surface area contributed by atoms with E-state index in [2.05, 4.69) is 54.8 Å². The van der Waals surface area contributed by atoms with Crippen molar-refractivity contribution < 1.29 is 19.1 Å². The van der Waals surface area contributed by atoms with Crippen LogP contribution in [0.4, 0.5) is 21.6 Å². The van der Waals surface area contributed by atoms with Crippen molar-refractivity contribution in [1.82, 2.24) is 29.7 Å². The van der Waals surface area contributed by atoms with E-state index in [-0.39, 0.29) is 23.7 Å². The molecule has 6 heterocycles. The van der Waals surface area contributed by atoms with Gasteiger partial charge in [-0.15, -0.1) is 0 Å². The summed E-state index contributed by atoms with van der Waals surface area (Å²) in [5.74, 6) is 3.37. The van der Waals surface area contributed by atoms with Crippen molar-refractivity contribution in [3.8, 4) is 23.3 Å². The van der Waals surface area contributed by atoms with Crippen molar-refractivity contribution in [1.29, 1.82) is 0 Å². The lowest BCUT2D eigenvalue weighted by Crippen LogP contribution is -2.37. The van der Waals surface area contributed by atoms with Crippen molar-refractivity contribution in [2.75, 3.05) is 36.8 Å². The molecular formula is C50H48N8O4S2. The van der Waals surface area contributed by atoms with Crippen LogP contribution in [0.15, 0.2) is 134 Å². The highest BCUT2D eigenvalue weighted by Gasteiger charge is 2.27. The van der Waals surface area contributed by atoms with Crippen molar-refractivity contribution in [2.45, 2.75) is 51.4 Å². The second kappa shape index (κ2) is 19.7. The highest BCUT2D eigenvalue weighted by atomic mass is 32.1. The molecule has 8 aromatic rings. The van der Waals surface area contributed by atoms with Gasteiger partial charge in [0, 0.05) is 86.8 Å². The number of hydrogen-bond donors (Lipinski definition) is 2. The molecule has 2 fully saturated rings. The number of ether oxygens (including phenoxy) is 2. The van der Waals surface area contributed by atoms with Gasteiger partial charge in [0.15, 0.2) is 10.3 Å². The number of rotatable bonds is 10. The van der Waals surface area contributed by atoms with Gasteiger partial charge in [-0.1, -0.05) is 59.1 Å². The first-order valence-electron chi connectivity index (χ1n) is 21.5. The van der Waals surface area contributed by atoms with E-state index in [1.807, 2.05) is 107 Å².